The summed E-state index contributed by atoms with van der Waals surface area (Å²) in [5, 5.41) is 2.79. The van der Waals surface area contributed by atoms with Crippen LogP contribution in [0.25, 0.3) is 0 Å². The van der Waals surface area contributed by atoms with E-state index in [2.05, 4.69) is 118 Å². The zero-order valence-electron chi connectivity index (χ0n) is 20.8. The van der Waals surface area contributed by atoms with E-state index in [1.165, 1.54) is 34.5 Å². The third-order valence-electron chi connectivity index (χ3n) is 7.24. The van der Waals surface area contributed by atoms with E-state index in [-0.39, 0.29) is 5.04 Å². The van der Waals surface area contributed by atoms with Gasteiger partial charge in [-0.2, -0.15) is 0 Å². The summed E-state index contributed by atoms with van der Waals surface area (Å²) < 4.78 is 7.12. The lowest BCUT2D eigenvalue weighted by molar-refractivity contribution is 0.246. The predicted octanol–water partition coefficient (Wildman–Crippen LogP) is 6.18. The highest BCUT2D eigenvalue weighted by atomic mass is 28.4. The molecule has 0 amide bonds. The molecule has 1 aliphatic heterocycles. The van der Waals surface area contributed by atoms with Crippen molar-refractivity contribution in [2.75, 3.05) is 24.6 Å². The monoisotopic (exact) mass is 457 g/mol. The van der Waals surface area contributed by atoms with Crippen LogP contribution in [0.4, 0.5) is 5.69 Å². The molecule has 3 aromatic carbocycles. The first kappa shape index (κ1) is 23.8. The number of rotatable bonds is 7. The van der Waals surface area contributed by atoms with Gasteiger partial charge in [0.2, 0.25) is 0 Å². The summed E-state index contributed by atoms with van der Waals surface area (Å²) in [7, 11) is -2.42. The van der Waals surface area contributed by atoms with E-state index in [4.69, 9.17) is 4.43 Å². The summed E-state index contributed by atoms with van der Waals surface area (Å²) in [5.74, 6) is 0.740. The first-order valence-corrected chi connectivity index (χ1v) is 14.4. The Balaban J connectivity index is 1.46. The maximum atomic E-state index is 7.12. The van der Waals surface area contributed by atoms with Gasteiger partial charge < -0.3 is 9.33 Å². The van der Waals surface area contributed by atoms with Crippen LogP contribution in [-0.4, -0.2) is 28.0 Å². The Morgan fingerprint density at radius 3 is 1.91 bits per heavy atom. The quantitative estimate of drug-likeness (QED) is 0.393. The highest BCUT2D eigenvalue weighted by Gasteiger charge is 2.50. The maximum absolute atomic E-state index is 7.12. The van der Waals surface area contributed by atoms with Gasteiger partial charge in [-0.3, -0.25) is 0 Å². The molecule has 0 radical (unpaired) electrons. The molecule has 2 nitrogen and oxygen atoms in total. The highest BCUT2D eigenvalue weighted by Crippen LogP contribution is 2.37. The van der Waals surface area contributed by atoms with Gasteiger partial charge in [0.1, 0.15) is 0 Å². The Bertz CT molecular complexity index is 965. The molecule has 0 unspecified atom stereocenters. The molecule has 3 aromatic rings. The number of hydrogen-bond donors (Lipinski definition) is 0. The van der Waals surface area contributed by atoms with Crippen LogP contribution in [0, 0.1) is 12.8 Å². The molecule has 1 aliphatic rings. The van der Waals surface area contributed by atoms with Gasteiger partial charge in [-0.05, 0) is 65.2 Å². The van der Waals surface area contributed by atoms with Crippen LogP contribution in [0.3, 0.4) is 0 Å². The number of nitrogens with zero attached hydrogens (tertiary/aromatic N) is 1. The molecule has 0 aliphatic carbocycles. The standard InChI is InChI=1S/C30H39NOSi/c1-25-12-11-13-27(24-25)31-21-18-26(19-22-31)20-23-32-33(30(2,3)4,28-14-7-5-8-15-28)29-16-9-6-10-17-29/h5-17,24,26H,18-23H2,1-4H3. The molecule has 1 fully saturated rings. The number of anilines is 1. The van der Waals surface area contributed by atoms with Gasteiger partial charge >= 0.3 is 0 Å². The molecule has 33 heavy (non-hydrogen) atoms. The molecule has 0 aromatic heterocycles. The topological polar surface area (TPSA) is 12.5 Å². The second-order valence-electron chi connectivity index (χ2n) is 10.6. The summed E-state index contributed by atoms with van der Waals surface area (Å²) in [4.78, 5) is 2.55. The van der Waals surface area contributed by atoms with Crippen molar-refractivity contribution in [3.63, 3.8) is 0 Å². The van der Waals surface area contributed by atoms with E-state index in [9.17, 15) is 0 Å². The van der Waals surface area contributed by atoms with E-state index >= 15 is 0 Å². The molecule has 1 saturated heterocycles. The molecule has 1 heterocycles. The van der Waals surface area contributed by atoms with Crippen molar-refractivity contribution in [3.8, 4) is 0 Å². The largest absolute Gasteiger partial charge is 0.407 e. The third-order valence-corrected chi connectivity index (χ3v) is 12.3. The van der Waals surface area contributed by atoms with Crippen LogP contribution in [0.2, 0.25) is 5.04 Å². The van der Waals surface area contributed by atoms with Crippen molar-refractivity contribution < 1.29 is 4.43 Å². The summed E-state index contributed by atoms with van der Waals surface area (Å²) in [5.41, 5.74) is 2.71. The molecular formula is C30H39NOSi. The van der Waals surface area contributed by atoms with Crippen molar-refractivity contribution in [1.29, 1.82) is 0 Å². The SMILES string of the molecule is Cc1cccc(N2CCC(CCO[Si](c3ccccc3)(c3ccccc3)C(C)(C)C)CC2)c1. The maximum Gasteiger partial charge on any atom is 0.261 e. The fourth-order valence-corrected chi connectivity index (χ4v) is 10.0. The average Bonchev–Trinajstić information content (AvgIpc) is 2.83. The lowest BCUT2D eigenvalue weighted by Gasteiger charge is -2.43. The second-order valence-corrected chi connectivity index (χ2v) is 14.9. The lowest BCUT2D eigenvalue weighted by atomic mass is 9.93. The lowest BCUT2D eigenvalue weighted by Crippen LogP contribution is -2.66. The highest BCUT2D eigenvalue weighted by molar-refractivity contribution is 6.99. The Labute approximate surface area is 201 Å². The van der Waals surface area contributed by atoms with Crippen LogP contribution in [0.15, 0.2) is 84.9 Å². The number of benzene rings is 3. The normalized spacial score (nSPS) is 15.6. The number of piperidine rings is 1. The Hall–Kier alpha value is -2.36. The minimum atomic E-state index is -2.42. The van der Waals surface area contributed by atoms with E-state index < -0.39 is 8.32 Å². The molecule has 0 bridgehead atoms. The van der Waals surface area contributed by atoms with E-state index in [0.29, 0.717) is 0 Å². The molecule has 3 heteroatoms. The zero-order chi connectivity index (χ0) is 23.3. The number of hydrogen-bond acceptors (Lipinski definition) is 2. The molecule has 0 atom stereocenters. The van der Waals surface area contributed by atoms with Gasteiger partial charge in [0.15, 0.2) is 0 Å². The van der Waals surface area contributed by atoms with Gasteiger partial charge in [-0.25, -0.2) is 0 Å². The third kappa shape index (κ3) is 5.25. The first-order valence-electron chi connectivity index (χ1n) is 12.5. The van der Waals surface area contributed by atoms with Crippen molar-refractivity contribution >= 4 is 24.4 Å². The smallest absolute Gasteiger partial charge is 0.261 e. The molecule has 0 saturated carbocycles. The van der Waals surface area contributed by atoms with Gasteiger partial charge in [0.05, 0.1) is 0 Å². The van der Waals surface area contributed by atoms with Gasteiger partial charge in [0, 0.05) is 25.4 Å². The fourth-order valence-electron chi connectivity index (χ4n) is 5.44. The van der Waals surface area contributed by atoms with E-state index in [1.54, 1.807) is 0 Å². The van der Waals surface area contributed by atoms with Crippen molar-refractivity contribution in [3.05, 3.63) is 90.5 Å². The van der Waals surface area contributed by atoms with Crippen molar-refractivity contribution in [1.82, 2.24) is 0 Å². The summed E-state index contributed by atoms with van der Waals surface area (Å²) in [6.07, 6.45) is 3.64. The van der Waals surface area contributed by atoms with Gasteiger partial charge in [-0.15, -0.1) is 0 Å². The van der Waals surface area contributed by atoms with Crippen molar-refractivity contribution in [2.45, 2.75) is 52.0 Å². The fraction of sp³-hybridized carbons (Fsp3) is 0.400. The molecule has 0 N–H and O–H groups in total. The zero-order valence-corrected chi connectivity index (χ0v) is 21.8. The summed E-state index contributed by atoms with van der Waals surface area (Å²) in [6.45, 7) is 12.4. The minimum absolute atomic E-state index is 0.0459. The Morgan fingerprint density at radius 1 is 0.818 bits per heavy atom. The minimum Gasteiger partial charge on any atom is -0.407 e. The molecule has 174 valence electrons. The Kier molecular flexibility index (Phi) is 7.40. The molecule has 0 spiro atoms. The van der Waals surface area contributed by atoms with Crippen LogP contribution in [0.5, 0.6) is 0 Å². The van der Waals surface area contributed by atoms with Crippen LogP contribution >= 0.6 is 0 Å². The van der Waals surface area contributed by atoms with Crippen LogP contribution < -0.4 is 15.3 Å². The number of aryl methyl sites for hydroxylation is 1. The van der Waals surface area contributed by atoms with Crippen LogP contribution in [-0.2, 0) is 4.43 Å². The van der Waals surface area contributed by atoms with E-state index in [0.717, 1.165) is 32.0 Å². The van der Waals surface area contributed by atoms with Gasteiger partial charge in [-0.1, -0.05) is 93.6 Å². The van der Waals surface area contributed by atoms with Gasteiger partial charge in [0.25, 0.3) is 8.32 Å². The van der Waals surface area contributed by atoms with E-state index in [1.807, 2.05) is 0 Å². The second kappa shape index (κ2) is 10.3. The van der Waals surface area contributed by atoms with Crippen molar-refractivity contribution in [2.24, 2.45) is 5.92 Å². The predicted molar refractivity (Wildman–Crippen MR) is 144 cm³/mol. The molecular weight excluding hydrogens is 418 g/mol. The Morgan fingerprint density at radius 2 is 1.39 bits per heavy atom. The average molecular weight is 458 g/mol. The summed E-state index contributed by atoms with van der Waals surface area (Å²) >= 11 is 0. The first-order chi connectivity index (χ1) is 15.9. The van der Waals surface area contributed by atoms with Crippen LogP contribution in [0.1, 0.15) is 45.6 Å². The summed E-state index contributed by atoms with van der Waals surface area (Å²) in [6, 6.07) is 30.9. The molecule has 4 rings (SSSR count).